The summed E-state index contributed by atoms with van der Waals surface area (Å²) >= 11 is 1.40. The summed E-state index contributed by atoms with van der Waals surface area (Å²) in [6, 6.07) is 4.23. The van der Waals surface area contributed by atoms with Crippen LogP contribution in [0.25, 0.3) is 10.6 Å². The highest BCUT2D eigenvalue weighted by molar-refractivity contribution is 7.17. The number of nitrogens with zero attached hydrogens (tertiary/aromatic N) is 3. The van der Waals surface area contributed by atoms with E-state index in [1.54, 1.807) is 21.3 Å². The van der Waals surface area contributed by atoms with Crippen molar-refractivity contribution in [3.63, 3.8) is 0 Å². The average molecular weight is 474 g/mol. The zero-order valence-electron chi connectivity index (χ0n) is 20.2. The Morgan fingerprint density at radius 2 is 1.55 bits per heavy atom. The number of thiazole rings is 1. The molecule has 0 spiro atoms. The van der Waals surface area contributed by atoms with Gasteiger partial charge in [0.05, 0.1) is 32.6 Å². The number of likely N-dealkylation sites (tertiary alicyclic amines) is 2. The van der Waals surface area contributed by atoms with Gasteiger partial charge in [-0.1, -0.05) is 12.8 Å². The number of piperidine rings is 1. The van der Waals surface area contributed by atoms with Crippen molar-refractivity contribution in [1.29, 1.82) is 0 Å². The smallest absolute Gasteiger partial charge is 0.265 e. The second kappa shape index (κ2) is 10.7. The van der Waals surface area contributed by atoms with Gasteiger partial charge in [-0.2, -0.15) is 0 Å². The number of aromatic nitrogens is 1. The van der Waals surface area contributed by atoms with Crippen LogP contribution < -0.4 is 14.2 Å². The van der Waals surface area contributed by atoms with Gasteiger partial charge < -0.3 is 24.0 Å². The monoisotopic (exact) mass is 473 g/mol. The SMILES string of the molecule is COc1cc(OC)c(-c2nc(C)c(C(=O)N3CCC(N4CCCCCC4)CC3)s2)c(OC)c1. The van der Waals surface area contributed by atoms with Crippen LogP contribution >= 0.6 is 11.3 Å². The van der Waals surface area contributed by atoms with Crippen molar-refractivity contribution in [3.8, 4) is 27.8 Å². The van der Waals surface area contributed by atoms with Crippen LogP contribution in [0.4, 0.5) is 0 Å². The van der Waals surface area contributed by atoms with E-state index in [1.807, 2.05) is 24.0 Å². The van der Waals surface area contributed by atoms with Crippen LogP contribution in [0.1, 0.15) is 53.9 Å². The lowest BCUT2D eigenvalue weighted by Gasteiger charge is -2.38. The molecule has 2 saturated heterocycles. The van der Waals surface area contributed by atoms with Crippen LogP contribution in [-0.2, 0) is 0 Å². The van der Waals surface area contributed by atoms with Gasteiger partial charge in [-0.3, -0.25) is 4.79 Å². The maximum absolute atomic E-state index is 13.4. The number of benzene rings is 1. The van der Waals surface area contributed by atoms with E-state index in [2.05, 4.69) is 4.90 Å². The third-order valence-corrected chi connectivity index (χ3v) is 7.99. The number of methoxy groups -OCH3 is 3. The van der Waals surface area contributed by atoms with E-state index in [4.69, 9.17) is 19.2 Å². The zero-order chi connectivity index (χ0) is 23.4. The van der Waals surface area contributed by atoms with Crippen LogP contribution in [0, 0.1) is 6.92 Å². The Labute approximate surface area is 200 Å². The fourth-order valence-electron chi connectivity index (χ4n) is 4.96. The molecule has 1 aromatic carbocycles. The number of hydrogen-bond acceptors (Lipinski definition) is 7. The number of carbonyl (C=O) groups is 1. The standard InChI is InChI=1S/C25H35N3O4S/c1-17-23(25(29)28-13-9-18(10-14-28)27-11-7-5-6-8-12-27)33-24(26-17)22-20(31-3)15-19(30-2)16-21(22)32-4/h15-16,18H,5-14H2,1-4H3. The third-order valence-electron chi connectivity index (χ3n) is 6.83. The van der Waals surface area contributed by atoms with Crippen LogP contribution in [0.3, 0.4) is 0 Å². The molecule has 2 aliphatic rings. The largest absolute Gasteiger partial charge is 0.496 e. The molecule has 2 aliphatic heterocycles. The molecule has 3 heterocycles. The molecule has 0 atom stereocenters. The predicted octanol–water partition coefficient (Wildman–Crippen LogP) is 4.62. The number of carbonyl (C=O) groups excluding carboxylic acids is 1. The lowest BCUT2D eigenvalue weighted by atomic mass is 10.0. The Bertz CT molecular complexity index is 936. The van der Waals surface area contributed by atoms with Crippen molar-refractivity contribution < 1.29 is 19.0 Å². The van der Waals surface area contributed by atoms with Crippen molar-refractivity contribution in [1.82, 2.24) is 14.8 Å². The van der Waals surface area contributed by atoms with Gasteiger partial charge in [0.25, 0.3) is 5.91 Å². The van der Waals surface area contributed by atoms with E-state index in [1.165, 1.54) is 50.1 Å². The van der Waals surface area contributed by atoms with Gasteiger partial charge in [0.2, 0.25) is 0 Å². The first kappa shape index (κ1) is 23.8. The first-order valence-electron chi connectivity index (χ1n) is 11.9. The molecule has 0 bridgehead atoms. The average Bonchev–Trinajstić information content (AvgIpc) is 3.04. The predicted molar refractivity (Wildman–Crippen MR) is 131 cm³/mol. The van der Waals surface area contributed by atoms with Crippen LogP contribution in [-0.4, -0.2) is 74.2 Å². The quantitative estimate of drug-likeness (QED) is 0.610. The van der Waals surface area contributed by atoms with Gasteiger partial charge in [0.1, 0.15) is 27.1 Å². The summed E-state index contributed by atoms with van der Waals surface area (Å²) in [5, 5.41) is 0.714. The number of hydrogen-bond donors (Lipinski definition) is 0. The van der Waals surface area contributed by atoms with Gasteiger partial charge in [-0.05, 0) is 45.7 Å². The highest BCUT2D eigenvalue weighted by Gasteiger charge is 2.30. The Morgan fingerprint density at radius 1 is 0.939 bits per heavy atom. The Morgan fingerprint density at radius 3 is 2.09 bits per heavy atom. The summed E-state index contributed by atoms with van der Waals surface area (Å²) in [6.45, 7) is 5.94. The third kappa shape index (κ3) is 5.11. The van der Waals surface area contributed by atoms with E-state index in [-0.39, 0.29) is 5.91 Å². The molecule has 0 N–H and O–H groups in total. The molecule has 2 fully saturated rings. The minimum atomic E-state index is 0.0806. The van der Waals surface area contributed by atoms with Gasteiger partial charge in [-0.25, -0.2) is 4.98 Å². The van der Waals surface area contributed by atoms with E-state index >= 15 is 0 Å². The van der Waals surface area contributed by atoms with E-state index in [0.29, 0.717) is 33.2 Å². The minimum absolute atomic E-state index is 0.0806. The summed E-state index contributed by atoms with van der Waals surface area (Å²) < 4.78 is 16.5. The zero-order valence-corrected chi connectivity index (χ0v) is 21.0. The fraction of sp³-hybridized carbons (Fsp3) is 0.600. The van der Waals surface area contributed by atoms with Crippen molar-refractivity contribution >= 4 is 17.2 Å². The Balaban J connectivity index is 1.51. The van der Waals surface area contributed by atoms with E-state index in [0.717, 1.165) is 37.2 Å². The molecular formula is C25H35N3O4S. The molecule has 33 heavy (non-hydrogen) atoms. The maximum atomic E-state index is 13.4. The summed E-state index contributed by atoms with van der Waals surface area (Å²) in [5.74, 6) is 1.94. The van der Waals surface area contributed by atoms with E-state index < -0.39 is 0 Å². The second-order valence-electron chi connectivity index (χ2n) is 8.81. The molecular weight excluding hydrogens is 438 g/mol. The second-order valence-corrected chi connectivity index (χ2v) is 9.81. The summed E-state index contributed by atoms with van der Waals surface area (Å²) in [6.07, 6.45) is 7.42. The maximum Gasteiger partial charge on any atom is 0.265 e. The van der Waals surface area contributed by atoms with E-state index in [9.17, 15) is 4.79 Å². The summed E-state index contributed by atoms with van der Waals surface area (Å²) in [5.41, 5.74) is 1.49. The summed E-state index contributed by atoms with van der Waals surface area (Å²) in [4.78, 5) is 23.5. The molecule has 7 nitrogen and oxygen atoms in total. The number of rotatable bonds is 6. The molecule has 0 radical (unpaired) electrons. The van der Waals surface area contributed by atoms with Gasteiger partial charge >= 0.3 is 0 Å². The van der Waals surface area contributed by atoms with Crippen LogP contribution in [0.5, 0.6) is 17.2 Å². The lowest BCUT2D eigenvalue weighted by molar-refractivity contribution is 0.0626. The molecule has 1 amide bonds. The molecule has 0 aliphatic carbocycles. The molecule has 0 saturated carbocycles. The van der Waals surface area contributed by atoms with Crippen molar-refractivity contribution in [2.75, 3.05) is 47.5 Å². The summed E-state index contributed by atoms with van der Waals surface area (Å²) in [7, 11) is 4.83. The van der Waals surface area contributed by atoms with Crippen LogP contribution in [0.15, 0.2) is 12.1 Å². The van der Waals surface area contributed by atoms with Crippen molar-refractivity contribution in [2.45, 2.75) is 51.5 Å². The Kier molecular flexibility index (Phi) is 7.75. The van der Waals surface area contributed by atoms with Crippen molar-refractivity contribution in [2.24, 2.45) is 0 Å². The van der Waals surface area contributed by atoms with Crippen LogP contribution in [0.2, 0.25) is 0 Å². The highest BCUT2D eigenvalue weighted by atomic mass is 32.1. The highest BCUT2D eigenvalue weighted by Crippen LogP contribution is 2.44. The molecule has 4 rings (SSSR count). The van der Waals surface area contributed by atoms with Gasteiger partial charge in [-0.15, -0.1) is 11.3 Å². The number of amides is 1. The molecule has 180 valence electrons. The molecule has 8 heteroatoms. The number of ether oxygens (including phenoxy) is 3. The topological polar surface area (TPSA) is 64.1 Å². The molecule has 2 aromatic rings. The van der Waals surface area contributed by atoms with Gasteiger partial charge in [0, 0.05) is 31.3 Å². The first-order valence-corrected chi connectivity index (χ1v) is 12.7. The minimum Gasteiger partial charge on any atom is -0.496 e. The fourth-order valence-corrected chi connectivity index (χ4v) is 6.05. The first-order chi connectivity index (χ1) is 16.0. The lowest BCUT2D eigenvalue weighted by Crippen LogP contribution is -2.47. The molecule has 1 aromatic heterocycles. The Hall–Kier alpha value is -2.32. The van der Waals surface area contributed by atoms with Gasteiger partial charge in [0.15, 0.2) is 0 Å². The molecule has 0 unspecified atom stereocenters. The number of aryl methyl sites for hydroxylation is 1. The van der Waals surface area contributed by atoms with Crippen molar-refractivity contribution in [3.05, 3.63) is 22.7 Å². The normalized spacial score (nSPS) is 18.1.